The second kappa shape index (κ2) is 10.3. The Hall–Kier alpha value is -1.39. The highest BCUT2D eigenvalue weighted by Crippen LogP contribution is 2.33. The Morgan fingerprint density at radius 3 is 2.38 bits per heavy atom. The predicted octanol–water partition coefficient (Wildman–Crippen LogP) is 2.66. The van der Waals surface area contributed by atoms with Crippen LogP contribution in [-0.2, 0) is 15.0 Å². The van der Waals surface area contributed by atoms with Crippen LogP contribution < -0.4 is 10.1 Å². The molecule has 2 heterocycles. The summed E-state index contributed by atoms with van der Waals surface area (Å²) < 4.78 is 34.9. The zero-order valence-electron chi connectivity index (χ0n) is 18.6. The third kappa shape index (κ3) is 6.14. The van der Waals surface area contributed by atoms with Gasteiger partial charge in [-0.25, -0.2) is 0 Å². The number of halogens is 1. The summed E-state index contributed by atoms with van der Waals surface area (Å²) in [6, 6.07) is 5.24. The standard InChI is InChI=1S/C22H33ClN4O4S/c1-17-6-8-26(9-7-17)32(29,30)27-12-10-25(11-13-27)15-22(28)24-20-14-19(23)4-5-21(20)31-16-18-2-3-18/h4-5,14,17-18H,2-3,6-13,15-16H2,1H3,(H,24,28). The number of piperazine rings is 1. The minimum absolute atomic E-state index is 0.162. The van der Waals surface area contributed by atoms with Crippen molar-refractivity contribution in [2.24, 2.45) is 11.8 Å². The lowest BCUT2D eigenvalue weighted by Crippen LogP contribution is -2.55. The minimum Gasteiger partial charge on any atom is -0.491 e. The van der Waals surface area contributed by atoms with E-state index < -0.39 is 10.2 Å². The second-order valence-electron chi connectivity index (χ2n) is 9.21. The van der Waals surface area contributed by atoms with Crippen molar-refractivity contribution in [3.05, 3.63) is 23.2 Å². The molecule has 8 nitrogen and oxygen atoms in total. The molecule has 4 rings (SSSR count). The van der Waals surface area contributed by atoms with Crippen molar-refractivity contribution in [3.8, 4) is 5.75 Å². The fourth-order valence-corrected chi connectivity index (χ4v) is 5.90. The summed E-state index contributed by atoms with van der Waals surface area (Å²) in [5.41, 5.74) is 0.573. The molecule has 1 amide bonds. The van der Waals surface area contributed by atoms with Crippen LogP contribution in [0.25, 0.3) is 0 Å². The van der Waals surface area contributed by atoms with E-state index in [2.05, 4.69) is 12.2 Å². The fourth-order valence-electron chi connectivity index (χ4n) is 4.11. The zero-order chi connectivity index (χ0) is 22.7. The monoisotopic (exact) mass is 484 g/mol. The number of benzene rings is 1. The van der Waals surface area contributed by atoms with Crippen LogP contribution in [0.3, 0.4) is 0 Å². The van der Waals surface area contributed by atoms with Crippen LogP contribution in [0, 0.1) is 11.8 Å². The molecule has 32 heavy (non-hydrogen) atoms. The second-order valence-corrected chi connectivity index (χ2v) is 11.6. The maximum atomic E-state index is 12.9. The topological polar surface area (TPSA) is 82.2 Å². The lowest BCUT2D eigenvalue weighted by atomic mass is 10.0. The Labute approximate surface area is 196 Å². The van der Waals surface area contributed by atoms with Crippen molar-refractivity contribution in [1.82, 2.24) is 13.5 Å². The molecule has 0 aromatic heterocycles. The van der Waals surface area contributed by atoms with Gasteiger partial charge in [0.25, 0.3) is 10.2 Å². The SMILES string of the molecule is CC1CCN(S(=O)(=O)N2CCN(CC(=O)Nc3cc(Cl)ccc3OCC3CC3)CC2)CC1. The first-order chi connectivity index (χ1) is 15.3. The van der Waals surface area contributed by atoms with E-state index in [1.807, 2.05) is 4.90 Å². The van der Waals surface area contributed by atoms with E-state index in [0.29, 0.717) is 74.2 Å². The highest BCUT2D eigenvalue weighted by Gasteiger charge is 2.34. The number of amides is 1. The molecule has 0 bridgehead atoms. The average Bonchev–Trinajstić information content (AvgIpc) is 3.58. The van der Waals surface area contributed by atoms with E-state index in [0.717, 1.165) is 12.8 Å². The van der Waals surface area contributed by atoms with Crippen molar-refractivity contribution < 1.29 is 17.9 Å². The molecule has 1 aliphatic carbocycles. The molecule has 2 aliphatic heterocycles. The van der Waals surface area contributed by atoms with Crippen molar-refractivity contribution in [3.63, 3.8) is 0 Å². The summed E-state index contributed by atoms with van der Waals surface area (Å²) in [6.07, 6.45) is 4.20. The van der Waals surface area contributed by atoms with Gasteiger partial charge in [0.05, 0.1) is 18.8 Å². The van der Waals surface area contributed by atoms with E-state index in [-0.39, 0.29) is 12.5 Å². The van der Waals surface area contributed by atoms with Crippen LogP contribution in [0.15, 0.2) is 18.2 Å². The van der Waals surface area contributed by atoms with Gasteiger partial charge in [-0.3, -0.25) is 9.69 Å². The van der Waals surface area contributed by atoms with E-state index in [4.69, 9.17) is 16.3 Å². The molecule has 1 N–H and O–H groups in total. The lowest BCUT2D eigenvalue weighted by molar-refractivity contribution is -0.117. The molecule has 2 saturated heterocycles. The molecule has 1 aromatic carbocycles. The van der Waals surface area contributed by atoms with Crippen molar-refractivity contribution in [1.29, 1.82) is 0 Å². The van der Waals surface area contributed by atoms with Crippen molar-refractivity contribution in [2.45, 2.75) is 32.6 Å². The molecule has 0 spiro atoms. The Balaban J connectivity index is 1.27. The predicted molar refractivity (Wildman–Crippen MR) is 125 cm³/mol. The van der Waals surface area contributed by atoms with Crippen LogP contribution in [0.2, 0.25) is 5.02 Å². The van der Waals surface area contributed by atoms with Crippen LogP contribution in [-0.4, -0.2) is 80.3 Å². The molecule has 0 unspecified atom stereocenters. The number of hydrogen-bond donors (Lipinski definition) is 1. The number of nitrogens with one attached hydrogen (secondary N) is 1. The summed E-state index contributed by atoms with van der Waals surface area (Å²) in [5, 5.41) is 3.44. The van der Waals surface area contributed by atoms with Gasteiger partial charge in [0, 0.05) is 44.3 Å². The molecule has 10 heteroatoms. The van der Waals surface area contributed by atoms with Crippen LogP contribution in [0.4, 0.5) is 5.69 Å². The van der Waals surface area contributed by atoms with E-state index in [9.17, 15) is 13.2 Å². The van der Waals surface area contributed by atoms with Gasteiger partial charge in [-0.2, -0.15) is 17.0 Å². The molecular formula is C22H33ClN4O4S. The Kier molecular flexibility index (Phi) is 7.62. The first kappa shape index (κ1) is 23.8. The van der Waals surface area contributed by atoms with Crippen LogP contribution in [0.5, 0.6) is 5.75 Å². The average molecular weight is 485 g/mol. The van der Waals surface area contributed by atoms with E-state index in [1.54, 1.807) is 26.8 Å². The van der Waals surface area contributed by atoms with Gasteiger partial charge in [-0.1, -0.05) is 18.5 Å². The first-order valence-electron chi connectivity index (χ1n) is 11.5. The molecule has 178 valence electrons. The molecule has 0 radical (unpaired) electrons. The number of hydrogen-bond acceptors (Lipinski definition) is 5. The van der Waals surface area contributed by atoms with Gasteiger partial charge >= 0.3 is 0 Å². The summed E-state index contributed by atoms with van der Waals surface area (Å²) in [7, 11) is -3.42. The van der Waals surface area contributed by atoms with Gasteiger partial charge < -0.3 is 10.1 Å². The molecule has 1 aromatic rings. The number of rotatable bonds is 8. The molecule has 1 saturated carbocycles. The summed E-state index contributed by atoms with van der Waals surface area (Å²) in [6.45, 7) is 6.05. The summed E-state index contributed by atoms with van der Waals surface area (Å²) in [4.78, 5) is 14.6. The number of nitrogens with zero attached hydrogens (tertiary/aromatic N) is 3. The van der Waals surface area contributed by atoms with E-state index >= 15 is 0 Å². The molecule has 0 atom stereocenters. The molecule has 3 aliphatic rings. The normalized spacial score (nSPS) is 22.1. The largest absolute Gasteiger partial charge is 0.491 e. The Morgan fingerprint density at radius 1 is 1.06 bits per heavy atom. The maximum absolute atomic E-state index is 12.9. The summed E-state index contributed by atoms with van der Waals surface area (Å²) in [5.74, 6) is 1.65. The van der Waals surface area contributed by atoms with E-state index in [1.165, 1.54) is 12.8 Å². The lowest BCUT2D eigenvalue weighted by Gasteiger charge is -2.38. The quantitative estimate of drug-likeness (QED) is 0.613. The van der Waals surface area contributed by atoms with Crippen LogP contribution >= 0.6 is 11.6 Å². The summed E-state index contributed by atoms with van der Waals surface area (Å²) >= 11 is 6.11. The number of piperidine rings is 1. The first-order valence-corrected chi connectivity index (χ1v) is 13.3. The Morgan fingerprint density at radius 2 is 1.72 bits per heavy atom. The van der Waals surface area contributed by atoms with Gasteiger partial charge in [-0.05, 0) is 55.7 Å². The number of anilines is 1. The van der Waals surface area contributed by atoms with Gasteiger partial charge in [-0.15, -0.1) is 0 Å². The van der Waals surface area contributed by atoms with Crippen molar-refractivity contribution >= 4 is 33.4 Å². The van der Waals surface area contributed by atoms with Crippen LogP contribution in [0.1, 0.15) is 32.6 Å². The van der Waals surface area contributed by atoms with Gasteiger partial charge in [0.1, 0.15) is 5.75 Å². The zero-order valence-corrected chi connectivity index (χ0v) is 20.2. The number of ether oxygens (including phenoxy) is 1. The van der Waals surface area contributed by atoms with Gasteiger partial charge in [0.15, 0.2) is 0 Å². The van der Waals surface area contributed by atoms with Gasteiger partial charge in [0.2, 0.25) is 5.91 Å². The third-order valence-electron chi connectivity index (χ3n) is 6.48. The minimum atomic E-state index is -3.42. The molecule has 3 fully saturated rings. The van der Waals surface area contributed by atoms with Crippen molar-refractivity contribution in [2.75, 3.05) is 57.7 Å². The molecular weight excluding hydrogens is 452 g/mol. The maximum Gasteiger partial charge on any atom is 0.282 e. The smallest absolute Gasteiger partial charge is 0.282 e. The number of carbonyl (C=O) groups excluding carboxylic acids is 1. The Bertz CT molecular complexity index is 909. The number of carbonyl (C=O) groups is 1. The highest BCUT2D eigenvalue weighted by molar-refractivity contribution is 7.86. The highest BCUT2D eigenvalue weighted by atomic mass is 35.5. The fraction of sp³-hybridized carbons (Fsp3) is 0.682. The third-order valence-corrected chi connectivity index (χ3v) is 8.75.